The van der Waals surface area contributed by atoms with Crippen LogP contribution < -0.4 is 4.90 Å². The third-order valence-corrected chi connectivity index (χ3v) is 3.38. The summed E-state index contributed by atoms with van der Waals surface area (Å²) in [6, 6.07) is 0. The van der Waals surface area contributed by atoms with Crippen LogP contribution in [-0.4, -0.2) is 29.5 Å². The van der Waals surface area contributed by atoms with Gasteiger partial charge in [0, 0.05) is 32.4 Å². The van der Waals surface area contributed by atoms with Gasteiger partial charge in [0.25, 0.3) is 5.95 Å². The number of Topliss-reactive ketones (excluding diaryl/α,β-unsaturated/α-hetero) is 1. The third-order valence-electron chi connectivity index (χ3n) is 3.38. The molecular formula is C12H19N3O2. The standard InChI is InChI=1S/C12H19N3O2/c1-3-15(2)12-13-11(17-14-12)8-9-6-4-5-7-10(9)16/h9H,3-8H2,1-2H3. The Kier molecular flexibility index (Phi) is 3.76. The van der Waals surface area contributed by atoms with Crippen LogP contribution in [0.25, 0.3) is 0 Å². The second-order valence-corrected chi connectivity index (χ2v) is 4.62. The van der Waals surface area contributed by atoms with Crippen LogP contribution in [0.3, 0.4) is 0 Å². The summed E-state index contributed by atoms with van der Waals surface area (Å²) < 4.78 is 5.18. The highest BCUT2D eigenvalue weighted by molar-refractivity contribution is 5.81. The number of carbonyl (C=O) groups is 1. The van der Waals surface area contributed by atoms with E-state index in [2.05, 4.69) is 10.1 Å². The quantitative estimate of drug-likeness (QED) is 0.799. The lowest BCUT2D eigenvalue weighted by atomic mass is 9.86. The zero-order chi connectivity index (χ0) is 12.3. The monoisotopic (exact) mass is 237 g/mol. The number of hydrogen-bond acceptors (Lipinski definition) is 5. The maximum absolute atomic E-state index is 11.7. The highest BCUT2D eigenvalue weighted by atomic mass is 16.5. The van der Waals surface area contributed by atoms with E-state index in [1.165, 1.54) is 0 Å². The molecule has 1 aromatic heterocycles. The number of hydrogen-bond donors (Lipinski definition) is 0. The van der Waals surface area contributed by atoms with Crippen LogP contribution in [0.1, 0.15) is 38.5 Å². The molecule has 1 aliphatic carbocycles. The fourth-order valence-electron chi connectivity index (χ4n) is 2.11. The molecule has 0 bridgehead atoms. The smallest absolute Gasteiger partial charge is 0.265 e. The van der Waals surface area contributed by atoms with Crippen LogP contribution in [0.5, 0.6) is 0 Å². The Morgan fingerprint density at radius 2 is 2.29 bits per heavy atom. The lowest BCUT2D eigenvalue weighted by molar-refractivity contribution is -0.124. The van der Waals surface area contributed by atoms with Crippen LogP contribution in [-0.2, 0) is 11.2 Å². The average Bonchev–Trinajstić information content (AvgIpc) is 2.80. The predicted octanol–water partition coefficient (Wildman–Crippen LogP) is 1.83. The molecule has 1 aromatic rings. The van der Waals surface area contributed by atoms with Gasteiger partial charge in [0.15, 0.2) is 0 Å². The number of rotatable bonds is 4. The molecule has 0 amide bonds. The zero-order valence-electron chi connectivity index (χ0n) is 10.5. The molecule has 1 aliphatic rings. The van der Waals surface area contributed by atoms with Crippen molar-refractivity contribution in [2.24, 2.45) is 5.92 Å². The maximum atomic E-state index is 11.7. The van der Waals surface area contributed by atoms with Crippen LogP contribution in [0, 0.1) is 5.92 Å². The minimum Gasteiger partial charge on any atom is -0.342 e. The fraction of sp³-hybridized carbons (Fsp3) is 0.750. The van der Waals surface area contributed by atoms with E-state index >= 15 is 0 Å². The van der Waals surface area contributed by atoms with Crippen molar-refractivity contribution in [1.82, 2.24) is 10.1 Å². The van der Waals surface area contributed by atoms with Crippen LogP contribution in [0.2, 0.25) is 0 Å². The summed E-state index contributed by atoms with van der Waals surface area (Å²) in [4.78, 5) is 17.9. The SMILES string of the molecule is CCN(C)c1noc(CC2CCCCC2=O)n1. The fourth-order valence-corrected chi connectivity index (χ4v) is 2.11. The van der Waals surface area contributed by atoms with Gasteiger partial charge in [0.2, 0.25) is 5.89 Å². The zero-order valence-corrected chi connectivity index (χ0v) is 10.5. The summed E-state index contributed by atoms with van der Waals surface area (Å²) in [6.07, 6.45) is 4.43. The second-order valence-electron chi connectivity index (χ2n) is 4.62. The van der Waals surface area contributed by atoms with E-state index in [-0.39, 0.29) is 5.92 Å². The van der Waals surface area contributed by atoms with Crippen molar-refractivity contribution < 1.29 is 9.32 Å². The molecule has 1 atom stereocenters. The van der Waals surface area contributed by atoms with E-state index in [0.29, 0.717) is 30.5 Å². The molecule has 0 saturated heterocycles. The predicted molar refractivity (Wildman–Crippen MR) is 63.9 cm³/mol. The normalized spacial score (nSPS) is 20.6. The van der Waals surface area contributed by atoms with E-state index in [9.17, 15) is 4.79 Å². The van der Waals surface area contributed by atoms with Crippen molar-refractivity contribution in [2.75, 3.05) is 18.5 Å². The summed E-state index contributed by atoms with van der Waals surface area (Å²) in [5.41, 5.74) is 0. The molecule has 94 valence electrons. The first-order chi connectivity index (χ1) is 8.20. The molecule has 0 aromatic carbocycles. The van der Waals surface area contributed by atoms with Crippen LogP contribution >= 0.6 is 0 Å². The third kappa shape index (κ3) is 2.84. The first-order valence-corrected chi connectivity index (χ1v) is 6.27. The van der Waals surface area contributed by atoms with Gasteiger partial charge in [-0.15, -0.1) is 0 Å². The maximum Gasteiger partial charge on any atom is 0.265 e. The Bertz CT molecular complexity index is 389. The molecular weight excluding hydrogens is 218 g/mol. The summed E-state index contributed by atoms with van der Waals surface area (Å²) >= 11 is 0. The van der Waals surface area contributed by atoms with E-state index < -0.39 is 0 Å². The Hall–Kier alpha value is -1.39. The number of ketones is 1. The number of anilines is 1. The van der Waals surface area contributed by atoms with Gasteiger partial charge in [0.05, 0.1) is 0 Å². The first kappa shape index (κ1) is 12.1. The first-order valence-electron chi connectivity index (χ1n) is 6.27. The summed E-state index contributed by atoms with van der Waals surface area (Å²) in [7, 11) is 1.92. The van der Waals surface area contributed by atoms with Gasteiger partial charge in [-0.3, -0.25) is 4.79 Å². The molecule has 1 unspecified atom stereocenters. The second kappa shape index (κ2) is 5.29. The molecule has 1 heterocycles. The molecule has 2 rings (SSSR count). The van der Waals surface area contributed by atoms with Gasteiger partial charge in [-0.25, -0.2) is 0 Å². The van der Waals surface area contributed by atoms with Crippen molar-refractivity contribution in [3.63, 3.8) is 0 Å². The van der Waals surface area contributed by atoms with Crippen LogP contribution in [0.4, 0.5) is 5.95 Å². The van der Waals surface area contributed by atoms with Gasteiger partial charge in [0.1, 0.15) is 5.78 Å². The van der Waals surface area contributed by atoms with E-state index in [1.54, 1.807) is 0 Å². The molecule has 0 N–H and O–H groups in total. The van der Waals surface area contributed by atoms with Gasteiger partial charge >= 0.3 is 0 Å². The molecule has 5 nitrogen and oxygen atoms in total. The number of aromatic nitrogens is 2. The highest BCUT2D eigenvalue weighted by Crippen LogP contribution is 2.24. The molecule has 17 heavy (non-hydrogen) atoms. The number of nitrogens with zero attached hydrogens (tertiary/aromatic N) is 3. The Labute approximate surface area is 101 Å². The molecule has 0 radical (unpaired) electrons. The van der Waals surface area contributed by atoms with Crippen LogP contribution in [0.15, 0.2) is 4.52 Å². The Morgan fingerprint density at radius 1 is 1.47 bits per heavy atom. The van der Waals surface area contributed by atoms with Crippen molar-refractivity contribution >= 4 is 11.7 Å². The largest absolute Gasteiger partial charge is 0.342 e. The lowest BCUT2D eigenvalue weighted by Crippen LogP contribution is -2.21. The molecule has 0 spiro atoms. The lowest BCUT2D eigenvalue weighted by Gasteiger charge is -2.18. The van der Waals surface area contributed by atoms with Gasteiger partial charge in [-0.1, -0.05) is 6.42 Å². The molecule has 1 saturated carbocycles. The van der Waals surface area contributed by atoms with E-state index in [0.717, 1.165) is 25.8 Å². The Balaban J connectivity index is 1.98. The number of carbonyl (C=O) groups excluding carboxylic acids is 1. The van der Waals surface area contributed by atoms with Crippen molar-refractivity contribution in [1.29, 1.82) is 0 Å². The molecule has 1 fully saturated rings. The van der Waals surface area contributed by atoms with Crippen molar-refractivity contribution in [3.8, 4) is 0 Å². The summed E-state index contributed by atoms with van der Waals surface area (Å²) in [6.45, 7) is 2.86. The minimum atomic E-state index is 0.0870. The molecule has 5 heteroatoms. The van der Waals surface area contributed by atoms with Crippen molar-refractivity contribution in [2.45, 2.75) is 39.0 Å². The Morgan fingerprint density at radius 3 is 3.00 bits per heavy atom. The van der Waals surface area contributed by atoms with E-state index in [1.807, 2.05) is 18.9 Å². The van der Waals surface area contributed by atoms with E-state index in [4.69, 9.17) is 4.52 Å². The summed E-state index contributed by atoms with van der Waals surface area (Å²) in [5, 5.41) is 3.91. The summed E-state index contributed by atoms with van der Waals surface area (Å²) in [5.74, 6) is 1.62. The topological polar surface area (TPSA) is 59.2 Å². The van der Waals surface area contributed by atoms with Crippen molar-refractivity contribution in [3.05, 3.63) is 5.89 Å². The molecule has 0 aliphatic heterocycles. The van der Waals surface area contributed by atoms with Gasteiger partial charge in [-0.05, 0) is 24.9 Å². The minimum absolute atomic E-state index is 0.0870. The average molecular weight is 237 g/mol. The highest BCUT2D eigenvalue weighted by Gasteiger charge is 2.24. The van der Waals surface area contributed by atoms with Gasteiger partial charge < -0.3 is 9.42 Å². The van der Waals surface area contributed by atoms with Gasteiger partial charge in [-0.2, -0.15) is 4.98 Å².